The molecule has 0 saturated heterocycles. The molecule has 0 spiro atoms. The summed E-state index contributed by atoms with van der Waals surface area (Å²) < 4.78 is 29.3. The molecule has 0 aliphatic carbocycles. The van der Waals surface area contributed by atoms with Crippen molar-refractivity contribution in [1.82, 2.24) is 10.5 Å². The van der Waals surface area contributed by atoms with Crippen LogP contribution in [0.2, 0.25) is 0 Å². The zero-order valence-corrected chi connectivity index (χ0v) is 14.5. The molecule has 23 heavy (non-hydrogen) atoms. The van der Waals surface area contributed by atoms with Crippen LogP contribution in [0.25, 0.3) is 0 Å². The van der Waals surface area contributed by atoms with Crippen molar-refractivity contribution in [2.45, 2.75) is 11.1 Å². The van der Waals surface area contributed by atoms with Gasteiger partial charge in [0.05, 0.1) is 6.20 Å². The monoisotopic (exact) mass is 396 g/mol. The maximum atomic E-state index is 11.4. The van der Waals surface area contributed by atoms with Crippen LogP contribution in [0.1, 0.15) is 11.7 Å². The van der Waals surface area contributed by atoms with E-state index in [2.05, 4.69) is 26.4 Å². The minimum atomic E-state index is -3.32. The van der Waals surface area contributed by atoms with Gasteiger partial charge in [0.1, 0.15) is 11.9 Å². The number of nitrogens with one attached hydrogen (secondary N) is 1. The molecule has 0 amide bonds. The summed E-state index contributed by atoms with van der Waals surface area (Å²) in [4.78, 5) is 9.31. The summed E-state index contributed by atoms with van der Waals surface area (Å²) in [5.74, 6) is 0.836. The Balaban J connectivity index is 1.71. The lowest BCUT2D eigenvalue weighted by Crippen LogP contribution is -2.12. The average Bonchev–Trinajstić information content (AvgIpc) is 2.96. The maximum Gasteiger partial charge on any atom is 0.216 e. The molecule has 6 nitrogen and oxygen atoms in total. The molecule has 0 radical (unpaired) electrons. The van der Waals surface area contributed by atoms with Gasteiger partial charge in [0, 0.05) is 16.8 Å². The zero-order chi connectivity index (χ0) is 16.4. The van der Waals surface area contributed by atoms with Crippen LogP contribution in [0.5, 0.6) is 5.75 Å². The van der Waals surface area contributed by atoms with Gasteiger partial charge in [0.25, 0.3) is 0 Å². The quantitative estimate of drug-likeness (QED) is 0.855. The van der Waals surface area contributed by atoms with Crippen molar-refractivity contribution in [3.8, 4) is 5.75 Å². The van der Waals surface area contributed by atoms with Gasteiger partial charge in [0.15, 0.2) is 14.9 Å². The topological polar surface area (TPSA) is 77.5 Å². The van der Waals surface area contributed by atoms with Crippen molar-refractivity contribution in [1.29, 1.82) is 0 Å². The van der Waals surface area contributed by atoms with E-state index in [1.54, 1.807) is 12.1 Å². The third kappa shape index (κ3) is 3.90. The molecular weight excluding hydrogens is 384 g/mol. The Morgan fingerprint density at radius 1 is 1.22 bits per heavy atom. The number of hydrogen-bond acceptors (Lipinski definition) is 6. The number of aromatic nitrogens is 1. The lowest BCUT2D eigenvalue weighted by atomic mass is 10.1. The van der Waals surface area contributed by atoms with Crippen LogP contribution in [0, 0.1) is 0 Å². The number of rotatable bonds is 4. The minimum absolute atomic E-state index is 0.00204. The van der Waals surface area contributed by atoms with Crippen molar-refractivity contribution >= 4 is 25.8 Å². The lowest BCUT2D eigenvalue weighted by Gasteiger charge is -2.07. The fraction of sp³-hybridized carbons (Fsp3) is 0.133. The van der Waals surface area contributed by atoms with E-state index in [4.69, 9.17) is 9.57 Å². The molecule has 0 fully saturated rings. The summed E-state index contributed by atoms with van der Waals surface area (Å²) in [5.41, 5.74) is 3.67. The SMILES string of the molecule is CS(=O)(=O)c1ccc(OC2=CC(c3ccc(Br)cc3)ON2)cn1. The van der Waals surface area contributed by atoms with Crippen molar-refractivity contribution < 1.29 is 18.0 Å². The van der Waals surface area contributed by atoms with E-state index in [1.807, 2.05) is 24.3 Å². The third-order valence-electron chi connectivity index (χ3n) is 3.10. The molecule has 1 N–H and O–H groups in total. The molecule has 8 heteroatoms. The van der Waals surface area contributed by atoms with E-state index in [-0.39, 0.29) is 11.1 Å². The van der Waals surface area contributed by atoms with Crippen LogP contribution in [0.3, 0.4) is 0 Å². The first-order valence-electron chi connectivity index (χ1n) is 6.65. The van der Waals surface area contributed by atoms with E-state index in [0.29, 0.717) is 11.6 Å². The fourth-order valence-corrected chi connectivity index (χ4v) is 2.80. The minimum Gasteiger partial charge on any atom is -0.438 e. The molecule has 1 aromatic carbocycles. The van der Waals surface area contributed by atoms with Crippen molar-refractivity contribution in [3.63, 3.8) is 0 Å². The molecule has 0 bridgehead atoms. The van der Waals surface area contributed by atoms with Crippen LogP contribution in [0.15, 0.2) is 64.1 Å². The number of hydroxylamine groups is 1. The number of benzene rings is 1. The summed E-state index contributed by atoms with van der Waals surface area (Å²) in [6.45, 7) is 0. The van der Waals surface area contributed by atoms with E-state index >= 15 is 0 Å². The van der Waals surface area contributed by atoms with Gasteiger partial charge in [-0.15, -0.1) is 0 Å². The normalized spacial score (nSPS) is 17.5. The predicted molar refractivity (Wildman–Crippen MR) is 87.2 cm³/mol. The van der Waals surface area contributed by atoms with E-state index in [9.17, 15) is 8.42 Å². The Kier molecular flexibility index (Phi) is 4.38. The Labute approximate surface area is 142 Å². The van der Waals surface area contributed by atoms with Gasteiger partial charge in [-0.2, -0.15) is 0 Å². The molecule has 0 saturated carbocycles. The Morgan fingerprint density at radius 3 is 2.57 bits per heavy atom. The largest absolute Gasteiger partial charge is 0.438 e. The molecule has 1 aromatic heterocycles. The van der Waals surface area contributed by atoms with Gasteiger partial charge in [-0.1, -0.05) is 28.1 Å². The second kappa shape index (κ2) is 6.31. The lowest BCUT2D eigenvalue weighted by molar-refractivity contribution is 0.0273. The van der Waals surface area contributed by atoms with Crippen LogP contribution >= 0.6 is 15.9 Å². The first kappa shape index (κ1) is 16.0. The van der Waals surface area contributed by atoms with Crippen LogP contribution in [-0.2, 0) is 14.7 Å². The third-order valence-corrected chi connectivity index (χ3v) is 4.63. The van der Waals surface area contributed by atoms with E-state index in [0.717, 1.165) is 16.3 Å². The fourth-order valence-electron chi connectivity index (χ4n) is 1.97. The average molecular weight is 397 g/mol. The van der Waals surface area contributed by atoms with Crippen molar-refractivity contribution in [3.05, 3.63) is 64.6 Å². The number of pyridine rings is 1. The Morgan fingerprint density at radius 2 is 1.96 bits per heavy atom. The highest BCUT2D eigenvalue weighted by Gasteiger charge is 2.20. The molecule has 3 rings (SSSR count). The number of hydrogen-bond donors (Lipinski definition) is 1. The standard InChI is InChI=1S/C15H13BrN2O4S/c1-23(19,20)15-7-6-12(9-17-15)21-14-8-13(22-18-14)10-2-4-11(16)5-3-10/h2-9,13,18H,1H3. The van der Waals surface area contributed by atoms with Gasteiger partial charge in [-0.05, 0) is 29.8 Å². The summed E-state index contributed by atoms with van der Waals surface area (Å²) in [5, 5.41) is 0.00204. The van der Waals surface area contributed by atoms with Gasteiger partial charge < -0.3 is 4.74 Å². The summed E-state index contributed by atoms with van der Waals surface area (Å²) in [7, 11) is -3.32. The number of nitrogens with zero attached hydrogens (tertiary/aromatic N) is 1. The van der Waals surface area contributed by atoms with Gasteiger partial charge in [0.2, 0.25) is 5.88 Å². The molecule has 120 valence electrons. The predicted octanol–water partition coefficient (Wildman–Crippen LogP) is 2.74. The van der Waals surface area contributed by atoms with Gasteiger partial charge in [-0.25, -0.2) is 18.9 Å². The first-order chi connectivity index (χ1) is 10.9. The van der Waals surface area contributed by atoms with Gasteiger partial charge >= 0.3 is 0 Å². The second-order valence-corrected chi connectivity index (χ2v) is 7.81. The Bertz CT molecular complexity index is 833. The maximum absolute atomic E-state index is 11.4. The molecule has 1 aliphatic rings. The highest BCUT2D eigenvalue weighted by molar-refractivity contribution is 9.10. The number of sulfone groups is 1. The summed E-state index contributed by atoms with van der Waals surface area (Å²) >= 11 is 3.38. The zero-order valence-electron chi connectivity index (χ0n) is 12.1. The van der Waals surface area contributed by atoms with Crippen LogP contribution in [-0.4, -0.2) is 19.7 Å². The summed E-state index contributed by atoms with van der Waals surface area (Å²) in [6.07, 6.45) is 3.98. The Hall–Kier alpha value is -1.90. The van der Waals surface area contributed by atoms with Crippen LogP contribution < -0.4 is 10.2 Å². The summed E-state index contributed by atoms with van der Waals surface area (Å²) in [6, 6.07) is 10.7. The molecule has 1 unspecified atom stereocenters. The van der Waals surface area contributed by atoms with Crippen molar-refractivity contribution in [2.75, 3.05) is 6.26 Å². The number of ether oxygens (including phenoxy) is 1. The van der Waals surface area contributed by atoms with E-state index < -0.39 is 9.84 Å². The second-order valence-electron chi connectivity index (χ2n) is 4.93. The van der Waals surface area contributed by atoms with E-state index in [1.165, 1.54) is 12.3 Å². The number of halogens is 1. The smallest absolute Gasteiger partial charge is 0.216 e. The highest BCUT2D eigenvalue weighted by atomic mass is 79.9. The molecule has 1 aliphatic heterocycles. The van der Waals surface area contributed by atoms with Crippen LogP contribution in [0.4, 0.5) is 0 Å². The van der Waals surface area contributed by atoms with Crippen molar-refractivity contribution in [2.24, 2.45) is 0 Å². The highest BCUT2D eigenvalue weighted by Crippen LogP contribution is 2.26. The first-order valence-corrected chi connectivity index (χ1v) is 9.33. The molecular formula is C15H13BrN2O4S. The molecule has 2 aromatic rings. The molecule has 2 heterocycles. The molecule has 1 atom stereocenters. The van der Waals surface area contributed by atoms with Gasteiger partial charge in [-0.3, -0.25) is 4.84 Å².